The molecule has 0 saturated carbocycles. The summed E-state index contributed by atoms with van der Waals surface area (Å²) < 4.78 is 1.69. The summed E-state index contributed by atoms with van der Waals surface area (Å²) in [5.41, 5.74) is 6.31. The first-order valence-corrected chi connectivity index (χ1v) is 4.84. The van der Waals surface area contributed by atoms with Crippen LogP contribution in [0, 0.1) is 5.92 Å². The molecule has 14 heavy (non-hydrogen) atoms. The van der Waals surface area contributed by atoms with Crippen LogP contribution in [0.4, 0.5) is 5.82 Å². The van der Waals surface area contributed by atoms with Crippen LogP contribution in [-0.4, -0.2) is 34.1 Å². The molecule has 1 aliphatic rings. The van der Waals surface area contributed by atoms with Gasteiger partial charge >= 0.3 is 0 Å². The van der Waals surface area contributed by atoms with Gasteiger partial charge in [0.1, 0.15) is 0 Å². The van der Waals surface area contributed by atoms with Crippen molar-refractivity contribution in [3.8, 4) is 0 Å². The van der Waals surface area contributed by atoms with Gasteiger partial charge in [-0.25, -0.2) is 0 Å². The first kappa shape index (κ1) is 9.42. The minimum absolute atomic E-state index is 0.499. The quantitative estimate of drug-likeness (QED) is 0.599. The maximum absolute atomic E-state index is 3.96. The second-order valence-electron chi connectivity index (χ2n) is 3.73. The van der Waals surface area contributed by atoms with Gasteiger partial charge in [-0.15, -0.1) is 5.10 Å². The second-order valence-corrected chi connectivity index (χ2v) is 3.73. The lowest BCUT2D eigenvalue weighted by molar-refractivity contribution is 0.508. The van der Waals surface area contributed by atoms with Gasteiger partial charge in [-0.3, -0.25) is 15.5 Å². The van der Waals surface area contributed by atoms with Crippen molar-refractivity contribution in [2.24, 2.45) is 13.0 Å². The molecule has 3 N–H and O–H groups in total. The first-order chi connectivity index (χ1) is 6.75. The highest BCUT2D eigenvalue weighted by Gasteiger charge is 2.22. The average molecular weight is 196 g/mol. The summed E-state index contributed by atoms with van der Waals surface area (Å²) >= 11 is 0. The van der Waals surface area contributed by atoms with E-state index in [1.807, 2.05) is 13.2 Å². The maximum atomic E-state index is 3.96. The van der Waals surface area contributed by atoms with Gasteiger partial charge in [0.25, 0.3) is 0 Å². The van der Waals surface area contributed by atoms with E-state index in [1.165, 1.54) is 0 Å². The van der Waals surface area contributed by atoms with Gasteiger partial charge in [0.05, 0.1) is 6.20 Å². The molecule has 2 rings (SSSR count). The molecule has 0 amide bonds. The van der Waals surface area contributed by atoms with Crippen LogP contribution in [-0.2, 0) is 7.05 Å². The number of hydrogen-bond acceptors (Lipinski definition) is 5. The molecular weight excluding hydrogens is 180 g/mol. The highest BCUT2D eigenvalue weighted by molar-refractivity contribution is 5.29. The van der Waals surface area contributed by atoms with Crippen molar-refractivity contribution in [1.29, 1.82) is 0 Å². The predicted molar refractivity (Wildman–Crippen MR) is 53.6 cm³/mol. The average Bonchev–Trinajstić information content (AvgIpc) is 2.72. The third kappa shape index (κ3) is 2.02. The Morgan fingerprint density at radius 3 is 3.14 bits per heavy atom. The summed E-state index contributed by atoms with van der Waals surface area (Å²) in [7, 11) is 1.86. The third-order valence-corrected chi connectivity index (χ3v) is 2.55. The van der Waals surface area contributed by atoms with E-state index in [0.717, 1.165) is 18.9 Å². The molecule has 2 heterocycles. The van der Waals surface area contributed by atoms with Gasteiger partial charge in [0, 0.05) is 32.1 Å². The SMILES string of the molecule is CC1NNCC1CNc1cn(C)nn1. The Balaban J connectivity index is 1.82. The van der Waals surface area contributed by atoms with Gasteiger partial charge in [0.15, 0.2) is 5.82 Å². The number of anilines is 1. The van der Waals surface area contributed by atoms with E-state index in [0.29, 0.717) is 12.0 Å². The van der Waals surface area contributed by atoms with Crippen LogP contribution >= 0.6 is 0 Å². The molecule has 2 atom stereocenters. The first-order valence-electron chi connectivity index (χ1n) is 4.84. The summed E-state index contributed by atoms with van der Waals surface area (Å²) in [6.07, 6.45) is 1.88. The lowest BCUT2D eigenvalue weighted by atomic mass is 10.0. The predicted octanol–water partition coefficient (Wildman–Crippen LogP) is -0.661. The molecule has 0 aliphatic carbocycles. The fourth-order valence-electron chi connectivity index (χ4n) is 1.56. The number of nitrogens with one attached hydrogen (secondary N) is 3. The smallest absolute Gasteiger partial charge is 0.168 e. The van der Waals surface area contributed by atoms with Crippen molar-refractivity contribution < 1.29 is 0 Å². The zero-order chi connectivity index (χ0) is 9.97. The maximum Gasteiger partial charge on any atom is 0.168 e. The van der Waals surface area contributed by atoms with E-state index in [4.69, 9.17) is 0 Å². The van der Waals surface area contributed by atoms with Crippen molar-refractivity contribution in [2.75, 3.05) is 18.4 Å². The Labute approximate surface area is 83.0 Å². The summed E-state index contributed by atoms with van der Waals surface area (Å²) in [5.74, 6) is 1.43. The Bertz CT molecular complexity index is 296. The van der Waals surface area contributed by atoms with Crippen LogP contribution < -0.4 is 16.2 Å². The van der Waals surface area contributed by atoms with Gasteiger partial charge in [-0.05, 0) is 6.92 Å². The Kier molecular flexibility index (Phi) is 2.64. The lowest BCUT2D eigenvalue weighted by Crippen LogP contribution is -2.30. The Hall–Kier alpha value is -1.14. The van der Waals surface area contributed by atoms with Crippen molar-refractivity contribution in [3.63, 3.8) is 0 Å². The number of hydrazine groups is 1. The minimum atomic E-state index is 0.499. The van der Waals surface area contributed by atoms with E-state index >= 15 is 0 Å². The zero-order valence-corrected chi connectivity index (χ0v) is 8.49. The second kappa shape index (κ2) is 3.93. The molecule has 1 fully saturated rings. The summed E-state index contributed by atoms with van der Waals surface area (Å²) in [4.78, 5) is 0. The van der Waals surface area contributed by atoms with Crippen molar-refractivity contribution in [1.82, 2.24) is 25.8 Å². The highest BCUT2D eigenvalue weighted by Crippen LogP contribution is 2.08. The highest BCUT2D eigenvalue weighted by atomic mass is 15.4. The molecule has 1 aromatic heterocycles. The summed E-state index contributed by atoms with van der Waals surface area (Å²) in [6.45, 7) is 4.08. The Morgan fingerprint density at radius 2 is 2.57 bits per heavy atom. The summed E-state index contributed by atoms with van der Waals surface area (Å²) in [5, 5.41) is 11.1. The van der Waals surface area contributed by atoms with Crippen LogP contribution in [0.15, 0.2) is 6.20 Å². The molecule has 6 heteroatoms. The zero-order valence-electron chi connectivity index (χ0n) is 8.49. The molecule has 6 nitrogen and oxygen atoms in total. The van der Waals surface area contributed by atoms with Crippen molar-refractivity contribution in [2.45, 2.75) is 13.0 Å². The lowest BCUT2D eigenvalue weighted by Gasteiger charge is -2.13. The number of nitrogens with zero attached hydrogens (tertiary/aromatic N) is 3. The van der Waals surface area contributed by atoms with E-state index < -0.39 is 0 Å². The van der Waals surface area contributed by atoms with Crippen LogP contribution in [0.1, 0.15) is 6.92 Å². The largest absolute Gasteiger partial charge is 0.367 e. The van der Waals surface area contributed by atoms with Gasteiger partial charge in [-0.1, -0.05) is 5.21 Å². The molecule has 78 valence electrons. The normalized spacial score (nSPS) is 26.7. The molecule has 1 aromatic rings. The summed E-state index contributed by atoms with van der Waals surface area (Å²) in [6, 6.07) is 0.499. The monoisotopic (exact) mass is 196 g/mol. The van der Waals surface area contributed by atoms with E-state index in [1.54, 1.807) is 4.68 Å². The minimum Gasteiger partial charge on any atom is -0.367 e. The van der Waals surface area contributed by atoms with Gasteiger partial charge in [-0.2, -0.15) is 0 Å². The molecule has 0 spiro atoms. The number of aryl methyl sites for hydroxylation is 1. The number of aromatic nitrogens is 3. The van der Waals surface area contributed by atoms with Crippen LogP contribution in [0.25, 0.3) is 0 Å². The molecule has 1 saturated heterocycles. The van der Waals surface area contributed by atoms with Crippen molar-refractivity contribution >= 4 is 5.82 Å². The molecule has 0 radical (unpaired) electrons. The molecule has 2 unspecified atom stereocenters. The topological polar surface area (TPSA) is 66.8 Å². The fraction of sp³-hybridized carbons (Fsp3) is 0.750. The molecule has 0 bridgehead atoms. The van der Waals surface area contributed by atoms with Gasteiger partial charge in [0.2, 0.25) is 0 Å². The Morgan fingerprint density at radius 1 is 1.71 bits per heavy atom. The number of rotatable bonds is 3. The fourth-order valence-corrected chi connectivity index (χ4v) is 1.56. The molecule has 1 aliphatic heterocycles. The van der Waals surface area contributed by atoms with E-state index in [9.17, 15) is 0 Å². The standard InChI is InChI=1S/C8H16N6/c1-6-7(4-10-11-6)3-9-8-5-14(2)13-12-8/h5-7,9-11H,3-4H2,1-2H3. The van der Waals surface area contributed by atoms with E-state index in [2.05, 4.69) is 33.4 Å². The van der Waals surface area contributed by atoms with Gasteiger partial charge < -0.3 is 5.32 Å². The van der Waals surface area contributed by atoms with Crippen molar-refractivity contribution in [3.05, 3.63) is 6.20 Å². The van der Waals surface area contributed by atoms with Crippen LogP contribution in [0.3, 0.4) is 0 Å². The molecule has 0 aromatic carbocycles. The van der Waals surface area contributed by atoms with E-state index in [-0.39, 0.29) is 0 Å². The van der Waals surface area contributed by atoms with Crippen LogP contribution in [0.2, 0.25) is 0 Å². The third-order valence-electron chi connectivity index (χ3n) is 2.55. The number of hydrogen-bond donors (Lipinski definition) is 3. The van der Waals surface area contributed by atoms with Crippen LogP contribution in [0.5, 0.6) is 0 Å². The molecular formula is C8H16N6.